The Morgan fingerprint density at radius 3 is 1.31 bits per heavy atom. The van der Waals surface area contributed by atoms with Crippen molar-refractivity contribution in [1.82, 2.24) is 0 Å². The van der Waals surface area contributed by atoms with Gasteiger partial charge in [0.2, 0.25) is 0 Å². The minimum Gasteiger partial charge on any atom is -1.00 e. The molecule has 3 heteroatoms. The second-order valence-electron chi connectivity index (χ2n) is 7.50. The van der Waals surface area contributed by atoms with Crippen LogP contribution >= 0.6 is 0 Å². The van der Waals surface area contributed by atoms with Gasteiger partial charge in [0.15, 0.2) is 0 Å². The van der Waals surface area contributed by atoms with Crippen molar-refractivity contribution in [3.05, 3.63) is 107 Å². The fraction of sp³-hybridized carbons (Fsp3) is 0.0769. The number of allylic oxidation sites excluding steroid dienone is 2. The first-order chi connectivity index (χ1) is 13.3. The van der Waals surface area contributed by atoms with Crippen molar-refractivity contribution < 1.29 is 48.0 Å². The first-order valence-corrected chi connectivity index (χ1v) is 12.4. The van der Waals surface area contributed by atoms with Crippen molar-refractivity contribution in [3.8, 4) is 0 Å². The zero-order valence-corrected chi connectivity index (χ0v) is 19.6. The van der Waals surface area contributed by atoms with Crippen LogP contribution in [-0.4, -0.2) is 0 Å². The molecule has 2 aliphatic carbocycles. The van der Waals surface area contributed by atoms with Crippen LogP contribution < -0.4 is 24.8 Å². The topological polar surface area (TPSA) is 0 Å². The molecular weight excluding hydrogens is 474 g/mol. The summed E-state index contributed by atoms with van der Waals surface area (Å²) in [5.74, 6) is 0. The number of hydrogen-bond acceptors (Lipinski definition) is 0. The molecule has 4 aromatic rings. The average Bonchev–Trinajstić information content (AvgIpc) is 3.28. The van der Waals surface area contributed by atoms with E-state index in [1.165, 1.54) is 32.7 Å². The third-order valence-corrected chi connectivity index (χ3v) is 10.1. The van der Waals surface area contributed by atoms with Gasteiger partial charge < -0.3 is 24.8 Å². The van der Waals surface area contributed by atoms with E-state index < -0.39 is 23.2 Å². The molecule has 0 spiro atoms. The number of fused-ring (bicyclic) bond motifs is 4. The molecular formula is C26H18Cl2Zr. The SMILES string of the molecule is C1=C[CH]([Zr+2][CH]2C=Cc3cc4ccccc4cc32)c2cc3ccccc3cc21.[Cl-].[Cl-]. The van der Waals surface area contributed by atoms with Gasteiger partial charge in [0.1, 0.15) is 0 Å². The molecule has 2 aliphatic rings. The second-order valence-corrected chi connectivity index (χ2v) is 11.4. The first-order valence-electron chi connectivity index (χ1n) is 9.53. The van der Waals surface area contributed by atoms with Gasteiger partial charge in [0.05, 0.1) is 0 Å². The van der Waals surface area contributed by atoms with Crippen LogP contribution in [0.4, 0.5) is 0 Å². The standard InChI is InChI=1S/2C13H9.2ClH.Zr/c2*1-2-5-11-9-13-7-3-6-12(13)8-10(11)4-1;;;/h2*1-9H;2*1H;/q;;;;+2/p-2. The van der Waals surface area contributed by atoms with Crippen molar-refractivity contribution in [2.45, 2.75) is 7.25 Å². The predicted octanol–water partition coefficient (Wildman–Crippen LogP) is 0.920. The van der Waals surface area contributed by atoms with E-state index >= 15 is 0 Å². The van der Waals surface area contributed by atoms with E-state index in [0.717, 1.165) is 0 Å². The smallest absolute Gasteiger partial charge is 1.00 e. The summed E-state index contributed by atoms with van der Waals surface area (Å²) in [7, 11) is 0. The van der Waals surface area contributed by atoms with E-state index in [1.807, 2.05) is 0 Å². The number of halogens is 2. The molecule has 29 heavy (non-hydrogen) atoms. The Kier molecular flexibility index (Phi) is 5.85. The van der Waals surface area contributed by atoms with Gasteiger partial charge in [0.25, 0.3) is 0 Å². The summed E-state index contributed by atoms with van der Waals surface area (Å²) < 4.78 is 1.33. The normalized spacial score (nSPS) is 18.1. The molecule has 0 radical (unpaired) electrons. The van der Waals surface area contributed by atoms with Crippen LogP contribution in [0, 0.1) is 0 Å². The quantitative estimate of drug-likeness (QED) is 0.391. The van der Waals surface area contributed by atoms with Crippen LogP contribution in [-0.2, 0) is 23.2 Å². The molecule has 0 heterocycles. The molecule has 0 aliphatic heterocycles. The van der Waals surface area contributed by atoms with Crippen molar-refractivity contribution in [3.63, 3.8) is 0 Å². The van der Waals surface area contributed by atoms with Crippen molar-refractivity contribution in [2.75, 3.05) is 0 Å². The maximum atomic E-state index is 2.47. The zero-order chi connectivity index (χ0) is 17.8. The molecule has 6 rings (SSSR count). The Morgan fingerprint density at radius 2 is 0.897 bits per heavy atom. The van der Waals surface area contributed by atoms with Gasteiger partial charge in [-0.1, -0.05) is 0 Å². The van der Waals surface area contributed by atoms with Gasteiger partial charge in [-0.25, -0.2) is 0 Å². The fourth-order valence-corrected chi connectivity index (χ4v) is 8.55. The maximum absolute atomic E-state index is 2.47. The largest absolute Gasteiger partial charge is 1.00 e. The van der Waals surface area contributed by atoms with E-state index in [0.29, 0.717) is 7.25 Å². The van der Waals surface area contributed by atoms with Crippen molar-refractivity contribution in [1.29, 1.82) is 0 Å². The van der Waals surface area contributed by atoms with Gasteiger partial charge in [-0.05, 0) is 0 Å². The van der Waals surface area contributed by atoms with Crippen LogP contribution in [0.25, 0.3) is 33.7 Å². The predicted molar refractivity (Wildman–Crippen MR) is 111 cm³/mol. The molecule has 140 valence electrons. The van der Waals surface area contributed by atoms with E-state index in [4.69, 9.17) is 0 Å². The molecule has 0 saturated heterocycles. The molecule has 0 amide bonds. The van der Waals surface area contributed by atoms with Gasteiger partial charge >= 0.3 is 171 Å². The van der Waals surface area contributed by atoms with Crippen LogP contribution in [0.2, 0.25) is 0 Å². The molecule has 4 aromatic carbocycles. The van der Waals surface area contributed by atoms with Crippen LogP contribution in [0.5, 0.6) is 0 Å². The monoisotopic (exact) mass is 490 g/mol. The Bertz CT molecular complexity index is 1170. The van der Waals surface area contributed by atoms with Crippen LogP contribution in [0.15, 0.2) is 84.9 Å². The molecule has 0 fully saturated rings. The Balaban J connectivity index is 0.00000102. The Labute approximate surface area is 195 Å². The third-order valence-electron chi connectivity index (χ3n) is 5.87. The van der Waals surface area contributed by atoms with Gasteiger partial charge in [-0.15, -0.1) is 0 Å². The number of benzene rings is 4. The summed E-state index contributed by atoms with van der Waals surface area (Å²) in [4.78, 5) is 0. The minimum atomic E-state index is -0.696. The summed E-state index contributed by atoms with van der Waals surface area (Å²) in [6.45, 7) is 0. The van der Waals surface area contributed by atoms with E-state index in [1.54, 1.807) is 11.1 Å². The molecule has 0 nitrogen and oxygen atoms in total. The van der Waals surface area contributed by atoms with Crippen LogP contribution in [0.3, 0.4) is 0 Å². The number of rotatable bonds is 2. The van der Waals surface area contributed by atoms with Gasteiger partial charge in [0, 0.05) is 0 Å². The Hall–Kier alpha value is -1.66. The van der Waals surface area contributed by atoms with E-state index in [-0.39, 0.29) is 24.8 Å². The van der Waals surface area contributed by atoms with Gasteiger partial charge in [-0.3, -0.25) is 0 Å². The number of hydrogen-bond donors (Lipinski definition) is 0. The van der Waals surface area contributed by atoms with Crippen molar-refractivity contribution >= 4 is 33.7 Å². The van der Waals surface area contributed by atoms with Crippen LogP contribution in [0.1, 0.15) is 29.5 Å². The van der Waals surface area contributed by atoms with E-state index in [9.17, 15) is 0 Å². The second kappa shape index (κ2) is 8.23. The molecule has 2 unspecified atom stereocenters. The minimum absolute atomic E-state index is 0. The van der Waals surface area contributed by atoms with E-state index in [2.05, 4.69) is 97.1 Å². The summed E-state index contributed by atoms with van der Waals surface area (Å²) in [6.07, 6.45) is 9.66. The van der Waals surface area contributed by atoms with Gasteiger partial charge in [-0.2, -0.15) is 0 Å². The molecule has 0 N–H and O–H groups in total. The maximum Gasteiger partial charge on any atom is -1.00 e. The summed E-state index contributed by atoms with van der Waals surface area (Å²) in [5.41, 5.74) is 5.98. The molecule has 0 bridgehead atoms. The average molecular weight is 493 g/mol. The summed E-state index contributed by atoms with van der Waals surface area (Å²) in [6, 6.07) is 27.1. The van der Waals surface area contributed by atoms with Crippen molar-refractivity contribution in [2.24, 2.45) is 0 Å². The summed E-state index contributed by atoms with van der Waals surface area (Å²) in [5, 5.41) is 5.45. The summed E-state index contributed by atoms with van der Waals surface area (Å²) >= 11 is -0.696. The first kappa shape index (κ1) is 20.6. The molecule has 0 saturated carbocycles. The third kappa shape index (κ3) is 3.55. The zero-order valence-electron chi connectivity index (χ0n) is 15.6. The Morgan fingerprint density at radius 1 is 0.517 bits per heavy atom. The molecule has 0 aromatic heterocycles. The fourth-order valence-electron chi connectivity index (χ4n) is 4.47. The molecule has 2 atom stereocenters.